The number of halogens is 1. The summed E-state index contributed by atoms with van der Waals surface area (Å²) in [6, 6.07) is 22.7. The van der Waals surface area contributed by atoms with Crippen LogP contribution < -0.4 is 4.74 Å². The molecule has 0 radical (unpaired) electrons. The van der Waals surface area contributed by atoms with Crippen molar-refractivity contribution in [1.82, 2.24) is 0 Å². The van der Waals surface area contributed by atoms with Gasteiger partial charge in [0.1, 0.15) is 12.4 Å². The Hall–Kier alpha value is -3.11. The van der Waals surface area contributed by atoms with Gasteiger partial charge in [0.25, 0.3) is 0 Å². The first-order valence-electron chi connectivity index (χ1n) is 8.36. The molecule has 0 saturated heterocycles. The molecule has 0 fully saturated rings. The molecule has 3 rings (SSSR count). The molecule has 0 aromatic heterocycles. The number of carbonyl (C=O) groups is 2. The summed E-state index contributed by atoms with van der Waals surface area (Å²) in [7, 11) is 0. The molecule has 0 atom stereocenters. The third-order valence-electron chi connectivity index (χ3n) is 3.78. The quantitative estimate of drug-likeness (QED) is 0.453. The first-order valence-corrected chi connectivity index (χ1v) is 8.74. The number of carbonyl (C=O) groups excluding carboxylic acids is 2. The molecular weight excluding hydrogens is 364 g/mol. The second-order valence-corrected chi connectivity index (χ2v) is 6.30. The van der Waals surface area contributed by atoms with Crippen LogP contribution in [-0.2, 0) is 22.6 Å². The van der Waals surface area contributed by atoms with Gasteiger partial charge in [-0.2, -0.15) is 0 Å². The Morgan fingerprint density at radius 3 is 2.30 bits per heavy atom. The van der Waals surface area contributed by atoms with Crippen molar-refractivity contribution in [2.75, 3.05) is 0 Å². The number of para-hydroxylation sites is 1. The summed E-state index contributed by atoms with van der Waals surface area (Å²) in [4.78, 5) is 24.2. The number of rotatable bonds is 6. The highest BCUT2D eigenvalue weighted by Gasteiger charge is 2.10. The van der Waals surface area contributed by atoms with E-state index >= 15 is 0 Å². The molecule has 136 valence electrons. The number of hydrogen-bond donors (Lipinski definition) is 0. The van der Waals surface area contributed by atoms with Gasteiger partial charge in [-0.05, 0) is 47.5 Å². The third-order valence-corrected chi connectivity index (χ3v) is 4.03. The SMILES string of the molecule is O=C(Cc1ccc(Cl)cc1)OCc1cccc(C(=O)Oc2ccccc2)c1. The second kappa shape index (κ2) is 9.01. The maximum atomic E-state index is 12.2. The van der Waals surface area contributed by atoms with E-state index in [9.17, 15) is 9.59 Å². The van der Waals surface area contributed by atoms with Crippen LogP contribution >= 0.6 is 11.6 Å². The molecule has 0 aliphatic heterocycles. The molecular formula is C22H17ClO4. The fraction of sp³-hybridized carbons (Fsp3) is 0.0909. The Labute approximate surface area is 162 Å². The monoisotopic (exact) mass is 380 g/mol. The Morgan fingerprint density at radius 1 is 0.815 bits per heavy atom. The predicted molar refractivity (Wildman–Crippen MR) is 103 cm³/mol. The normalized spacial score (nSPS) is 10.3. The van der Waals surface area contributed by atoms with Crippen LogP contribution in [0.15, 0.2) is 78.9 Å². The van der Waals surface area contributed by atoms with Gasteiger partial charge < -0.3 is 9.47 Å². The van der Waals surface area contributed by atoms with Crippen LogP contribution in [0, 0.1) is 0 Å². The molecule has 5 heteroatoms. The van der Waals surface area contributed by atoms with E-state index in [2.05, 4.69) is 0 Å². The maximum Gasteiger partial charge on any atom is 0.343 e. The lowest BCUT2D eigenvalue weighted by molar-refractivity contribution is -0.144. The van der Waals surface area contributed by atoms with Crippen molar-refractivity contribution in [3.05, 3.63) is 101 Å². The zero-order valence-corrected chi connectivity index (χ0v) is 15.2. The average molecular weight is 381 g/mol. The molecule has 0 amide bonds. The van der Waals surface area contributed by atoms with Crippen molar-refractivity contribution < 1.29 is 19.1 Å². The van der Waals surface area contributed by atoms with Crippen LogP contribution in [0.25, 0.3) is 0 Å². The zero-order valence-electron chi connectivity index (χ0n) is 14.4. The summed E-state index contributed by atoms with van der Waals surface area (Å²) < 4.78 is 10.6. The van der Waals surface area contributed by atoms with Crippen LogP contribution in [0.2, 0.25) is 5.02 Å². The minimum atomic E-state index is -0.462. The van der Waals surface area contributed by atoms with E-state index in [0.29, 0.717) is 21.9 Å². The number of benzene rings is 3. The van der Waals surface area contributed by atoms with Gasteiger partial charge in [-0.25, -0.2) is 4.79 Å². The van der Waals surface area contributed by atoms with Crippen LogP contribution in [0.4, 0.5) is 0 Å². The maximum absolute atomic E-state index is 12.2. The van der Waals surface area contributed by atoms with Crippen molar-refractivity contribution in [2.24, 2.45) is 0 Å². The molecule has 0 unspecified atom stereocenters. The number of esters is 2. The van der Waals surface area contributed by atoms with E-state index in [-0.39, 0.29) is 19.0 Å². The fourth-order valence-electron chi connectivity index (χ4n) is 2.43. The van der Waals surface area contributed by atoms with E-state index in [1.165, 1.54) is 0 Å². The van der Waals surface area contributed by atoms with E-state index < -0.39 is 5.97 Å². The fourth-order valence-corrected chi connectivity index (χ4v) is 2.55. The molecule has 0 saturated carbocycles. The summed E-state index contributed by atoms with van der Waals surface area (Å²) >= 11 is 5.83. The van der Waals surface area contributed by atoms with Crippen molar-refractivity contribution in [3.8, 4) is 5.75 Å². The molecule has 4 nitrogen and oxygen atoms in total. The van der Waals surface area contributed by atoms with Crippen LogP contribution in [0.1, 0.15) is 21.5 Å². The Bertz CT molecular complexity index is 921. The zero-order chi connectivity index (χ0) is 19.1. The highest BCUT2D eigenvalue weighted by atomic mass is 35.5. The Morgan fingerprint density at radius 2 is 1.56 bits per heavy atom. The topological polar surface area (TPSA) is 52.6 Å². The Balaban J connectivity index is 1.56. The predicted octanol–water partition coefficient (Wildman–Crippen LogP) is 4.85. The van der Waals surface area contributed by atoms with E-state index in [1.54, 1.807) is 72.8 Å². The van der Waals surface area contributed by atoms with Crippen molar-refractivity contribution in [1.29, 1.82) is 0 Å². The van der Waals surface area contributed by atoms with Gasteiger partial charge >= 0.3 is 11.9 Å². The van der Waals surface area contributed by atoms with Crippen LogP contribution in [0.5, 0.6) is 5.75 Å². The highest BCUT2D eigenvalue weighted by Crippen LogP contribution is 2.14. The largest absolute Gasteiger partial charge is 0.461 e. The molecule has 0 bridgehead atoms. The van der Waals surface area contributed by atoms with Gasteiger partial charge in [0.05, 0.1) is 12.0 Å². The smallest absolute Gasteiger partial charge is 0.343 e. The molecule has 3 aromatic rings. The molecule has 0 aliphatic rings. The third kappa shape index (κ3) is 5.69. The lowest BCUT2D eigenvalue weighted by Gasteiger charge is -2.08. The summed E-state index contributed by atoms with van der Waals surface area (Å²) in [5, 5.41) is 0.617. The summed E-state index contributed by atoms with van der Waals surface area (Å²) in [6.07, 6.45) is 0.160. The Kier molecular flexibility index (Phi) is 6.23. The van der Waals surface area contributed by atoms with Gasteiger partial charge in [0.2, 0.25) is 0 Å². The van der Waals surface area contributed by atoms with E-state index in [0.717, 1.165) is 5.56 Å². The minimum Gasteiger partial charge on any atom is -0.461 e. The van der Waals surface area contributed by atoms with Crippen LogP contribution in [-0.4, -0.2) is 11.9 Å². The molecule has 0 heterocycles. The van der Waals surface area contributed by atoms with Gasteiger partial charge in [0, 0.05) is 5.02 Å². The summed E-state index contributed by atoms with van der Waals surface area (Å²) in [5.74, 6) is -0.340. The molecule has 0 aliphatic carbocycles. The molecule has 27 heavy (non-hydrogen) atoms. The van der Waals surface area contributed by atoms with Crippen molar-refractivity contribution >= 4 is 23.5 Å². The van der Waals surface area contributed by atoms with E-state index in [1.807, 2.05) is 6.07 Å². The number of ether oxygens (including phenoxy) is 2. The summed E-state index contributed by atoms with van der Waals surface area (Å²) in [6.45, 7) is 0.0822. The highest BCUT2D eigenvalue weighted by molar-refractivity contribution is 6.30. The first kappa shape index (κ1) is 18.7. The van der Waals surface area contributed by atoms with Crippen molar-refractivity contribution in [3.63, 3.8) is 0 Å². The average Bonchev–Trinajstić information content (AvgIpc) is 2.69. The lowest BCUT2D eigenvalue weighted by atomic mass is 10.1. The minimum absolute atomic E-state index is 0.0822. The van der Waals surface area contributed by atoms with Gasteiger partial charge in [-0.3, -0.25) is 4.79 Å². The van der Waals surface area contributed by atoms with Gasteiger partial charge in [-0.15, -0.1) is 0 Å². The number of hydrogen-bond acceptors (Lipinski definition) is 4. The molecule has 3 aromatic carbocycles. The van der Waals surface area contributed by atoms with Gasteiger partial charge in [0.15, 0.2) is 0 Å². The first-order chi connectivity index (χ1) is 13.1. The second-order valence-electron chi connectivity index (χ2n) is 5.87. The standard InChI is InChI=1S/C22H17ClO4/c23-19-11-9-16(10-12-19)14-21(24)26-15-17-5-4-6-18(13-17)22(25)27-20-7-2-1-3-8-20/h1-13H,14-15H2. The lowest BCUT2D eigenvalue weighted by Crippen LogP contribution is -2.10. The van der Waals surface area contributed by atoms with Crippen LogP contribution in [0.3, 0.4) is 0 Å². The van der Waals surface area contributed by atoms with E-state index in [4.69, 9.17) is 21.1 Å². The molecule has 0 spiro atoms. The van der Waals surface area contributed by atoms with Gasteiger partial charge in [-0.1, -0.05) is 54.1 Å². The van der Waals surface area contributed by atoms with Crippen molar-refractivity contribution in [2.45, 2.75) is 13.0 Å². The molecule has 0 N–H and O–H groups in total. The summed E-state index contributed by atoms with van der Waals surface area (Å²) in [5.41, 5.74) is 1.93.